The van der Waals surface area contributed by atoms with Crippen molar-refractivity contribution in [3.63, 3.8) is 0 Å². The van der Waals surface area contributed by atoms with E-state index in [0.29, 0.717) is 18.0 Å². The van der Waals surface area contributed by atoms with E-state index in [9.17, 15) is 10.2 Å². The molecule has 1 fully saturated rings. The molecule has 2 atom stereocenters. The summed E-state index contributed by atoms with van der Waals surface area (Å²) in [7, 11) is 0. The van der Waals surface area contributed by atoms with E-state index >= 15 is 0 Å². The van der Waals surface area contributed by atoms with Crippen LogP contribution in [0.3, 0.4) is 0 Å². The molecule has 4 nitrogen and oxygen atoms in total. The number of fused-ring (bicyclic) bond motifs is 1. The summed E-state index contributed by atoms with van der Waals surface area (Å²) >= 11 is 6.23. The van der Waals surface area contributed by atoms with Crippen LogP contribution in [0.25, 0.3) is 0 Å². The highest BCUT2D eigenvalue weighted by Gasteiger charge is 2.43. The van der Waals surface area contributed by atoms with Crippen molar-refractivity contribution in [1.29, 1.82) is 0 Å². The van der Waals surface area contributed by atoms with Gasteiger partial charge >= 0.3 is 0 Å². The summed E-state index contributed by atoms with van der Waals surface area (Å²) in [5.41, 5.74) is 4.83. The van der Waals surface area contributed by atoms with Crippen LogP contribution in [0.2, 0.25) is 5.02 Å². The molecule has 2 unspecified atom stereocenters. The van der Waals surface area contributed by atoms with Gasteiger partial charge < -0.3 is 19.8 Å². The molecule has 0 radical (unpaired) electrons. The third-order valence-corrected chi connectivity index (χ3v) is 7.06. The molecular weight excluding hydrogens is 386 g/mol. The summed E-state index contributed by atoms with van der Waals surface area (Å²) < 4.78 is 6.43. The number of halogens is 1. The Hall–Kier alpha value is -1.59. The molecule has 2 heterocycles. The first-order valence-corrected chi connectivity index (χ1v) is 10.8. The van der Waals surface area contributed by atoms with Crippen LogP contribution in [0.15, 0.2) is 30.3 Å². The number of hydrogen-bond acceptors (Lipinski definition) is 4. The molecule has 0 saturated carbocycles. The Morgan fingerprint density at radius 2 is 1.83 bits per heavy atom. The third kappa shape index (κ3) is 4.17. The Morgan fingerprint density at radius 1 is 1.10 bits per heavy atom. The van der Waals surface area contributed by atoms with Gasteiger partial charge in [-0.05, 0) is 68.0 Å². The van der Waals surface area contributed by atoms with Crippen LogP contribution < -0.4 is 4.74 Å². The van der Waals surface area contributed by atoms with Gasteiger partial charge in [-0.15, -0.1) is 0 Å². The van der Waals surface area contributed by atoms with Gasteiger partial charge in [0.05, 0.1) is 12.2 Å². The molecule has 0 bridgehead atoms. The fourth-order valence-electron chi connectivity index (χ4n) is 4.53. The second-order valence-corrected chi connectivity index (χ2v) is 9.21. The van der Waals surface area contributed by atoms with Crippen LogP contribution >= 0.6 is 11.6 Å². The number of benzene rings is 2. The number of aryl methyl sites for hydroxylation is 3. The maximum atomic E-state index is 10.7. The summed E-state index contributed by atoms with van der Waals surface area (Å²) in [4.78, 5) is 2.30. The molecule has 2 aliphatic rings. The van der Waals surface area contributed by atoms with Crippen molar-refractivity contribution >= 4 is 11.6 Å². The zero-order chi connectivity index (χ0) is 20.8. The molecule has 1 saturated heterocycles. The lowest BCUT2D eigenvalue weighted by Gasteiger charge is -2.46. The summed E-state index contributed by atoms with van der Waals surface area (Å²) in [6.07, 6.45) is 1.22. The molecule has 5 heteroatoms. The summed E-state index contributed by atoms with van der Waals surface area (Å²) in [6, 6.07) is 9.94. The summed E-state index contributed by atoms with van der Waals surface area (Å²) in [5.74, 6) is 0.759. The predicted octanol–water partition coefficient (Wildman–Crippen LogP) is 4.65. The van der Waals surface area contributed by atoms with Crippen LogP contribution in [0, 0.1) is 20.8 Å². The van der Waals surface area contributed by atoms with Crippen LogP contribution in [0.4, 0.5) is 0 Å². The number of β-amino-alcohol motifs (C(OH)–C–C–N with tert-alkyl or cyclic N) is 1. The lowest BCUT2D eigenvalue weighted by molar-refractivity contribution is -0.0588. The fourth-order valence-corrected chi connectivity index (χ4v) is 4.70. The van der Waals surface area contributed by atoms with E-state index in [1.807, 2.05) is 25.1 Å². The molecule has 2 aliphatic heterocycles. The lowest BCUT2D eigenvalue weighted by atomic mass is 9.81. The van der Waals surface area contributed by atoms with Crippen molar-refractivity contribution < 1.29 is 14.9 Å². The molecule has 156 valence electrons. The second kappa shape index (κ2) is 7.92. The molecule has 4 rings (SSSR count). The standard InChI is InChI=1S/C24H30ClNO3/c1-15-4-5-18(10-16(15)2)22(28)14-26-8-6-24(7-9-26)13-21(27)19-12-20(25)17(3)11-23(19)29-24/h4-5,10-12,21-22,27-28H,6-9,13-14H2,1-3H3. The summed E-state index contributed by atoms with van der Waals surface area (Å²) in [6.45, 7) is 8.42. The highest BCUT2D eigenvalue weighted by atomic mass is 35.5. The van der Waals surface area contributed by atoms with Gasteiger partial charge in [0.1, 0.15) is 11.4 Å². The third-order valence-electron chi connectivity index (χ3n) is 6.66. The van der Waals surface area contributed by atoms with E-state index in [1.165, 1.54) is 11.1 Å². The van der Waals surface area contributed by atoms with Gasteiger partial charge in [0.15, 0.2) is 0 Å². The van der Waals surface area contributed by atoms with Gasteiger partial charge in [-0.2, -0.15) is 0 Å². The first kappa shape index (κ1) is 20.7. The van der Waals surface area contributed by atoms with Crippen molar-refractivity contribution in [2.75, 3.05) is 19.6 Å². The highest BCUT2D eigenvalue weighted by Crippen LogP contribution is 2.45. The maximum absolute atomic E-state index is 10.7. The first-order chi connectivity index (χ1) is 13.8. The minimum absolute atomic E-state index is 0.339. The van der Waals surface area contributed by atoms with Gasteiger partial charge in [0.25, 0.3) is 0 Å². The van der Waals surface area contributed by atoms with E-state index in [-0.39, 0.29) is 5.60 Å². The van der Waals surface area contributed by atoms with Crippen molar-refractivity contribution in [3.8, 4) is 5.75 Å². The monoisotopic (exact) mass is 415 g/mol. The number of nitrogens with zero attached hydrogens (tertiary/aromatic N) is 1. The average molecular weight is 416 g/mol. The van der Waals surface area contributed by atoms with Gasteiger partial charge in [-0.25, -0.2) is 0 Å². The number of aliphatic hydroxyl groups is 2. The molecular formula is C24H30ClNO3. The number of aliphatic hydroxyl groups excluding tert-OH is 2. The molecule has 0 aliphatic carbocycles. The SMILES string of the molecule is Cc1ccc(C(O)CN2CCC3(CC2)CC(O)c2cc(Cl)c(C)cc2O3)cc1C. The highest BCUT2D eigenvalue weighted by molar-refractivity contribution is 6.31. The normalized spacial score (nSPS) is 22.2. The van der Waals surface area contributed by atoms with Gasteiger partial charge in [-0.3, -0.25) is 0 Å². The van der Waals surface area contributed by atoms with Crippen molar-refractivity contribution in [2.24, 2.45) is 0 Å². The lowest BCUT2D eigenvalue weighted by Crippen LogP contribution is -2.51. The minimum atomic E-state index is -0.551. The Labute approximate surface area is 178 Å². The molecule has 0 aromatic heterocycles. The van der Waals surface area contributed by atoms with E-state index in [4.69, 9.17) is 16.3 Å². The Kier molecular flexibility index (Phi) is 5.64. The zero-order valence-corrected chi connectivity index (χ0v) is 18.2. The van der Waals surface area contributed by atoms with Crippen LogP contribution in [-0.4, -0.2) is 40.3 Å². The van der Waals surface area contributed by atoms with E-state index in [1.54, 1.807) is 0 Å². The quantitative estimate of drug-likeness (QED) is 0.766. The maximum Gasteiger partial charge on any atom is 0.126 e. The number of piperidine rings is 1. The number of hydrogen-bond donors (Lipinski definition) is 2. The van der Waals surface area contributed by atoms with Crippen molar-refractivity contribution in [2.45, 2.75) is 57.8 Å². The van der Waals surface area contributed by atoms with E-state index in [0.717, 1.165) is 48.4 Å². The van der Waals surface area contributed by atoms with Crippen LogP contribution in [0.5, 0.6) is 5.75 Å². The molecule has 0 amide bonds. The van der Waals surface area contributed by atoms with Crippen LogP contribution in [-0.2, 0) is 0 Å². The average Bonchev–Trinajstić information content (AvgIpc) is 2.68. The number of ether oxygens (including phenoxy) is 1. The molecule has 2 aromatic rings. The van der Waals surface area contributed by atoms with Crippen LogP contribution in [0.1, 0.15) is 59.3 Å². The summed E-state index contributed by atoms with van der Waals surface area (Å²) in [5, 5.41) is 22.1. The van der Waals surface area contributed by atoms with Crippen molar-refractivity contribution in [3.05, 3.63) is 63.2 Å². The van der Waals surface area contributed by atoms with Gasteiger partial charge in [-0.1, -0.05) is 29.8 Å². The Morgan fingerprint density at radius 3 is 2.52 bits per heavy atom. The second-order valence-electron chi connectivity index (χ2n) is 8.80. The van der Waals surface area contributed by atoms with E-state index < -0.39 is 12.2 Å². The Balaban J connectivity index is 1.41. The zero-order valence-electron chi connectivity index (χ0n) is 17.4. The van der Waals surface area contributed by atoms with E-state index in [2.05, 4.69) is 30.9 Å². The molecule has 1 spiro atoms. The Bertz CT molecular complexity index is 905. The number of likely N-dealkylation sites (tertiary alicyclic amines) is 1. The van der Waals surface area contributed by atoms with Gasteiger partial charge in [0, 0.05) is 36.6 Å². The van der Waals surface area contributed by atoms with Gasteiger partial charge in [0.2, 0.25) is 0 Å². The minimum Gasteiger partial charge on any atom is -0.487 e. The van der Waals surface area contributed by atoms with Crippen molar-refractivity contribution in [1.82, 2.24) is 4.90 Å². The molecule has 2 N–H and O–H groups in total. The molecule has 2 aromatic carbocycles. The number of rotatable bonds is 3. The molecule has 29 heavy (non-hydrogen) atoms. The fraction of sp³-hybridized carbons (Fsp3) is 0.500. The smallest absolute Gasteiger partial charge is 0.126 e. The largest absolute Gasteiger partial charge is 0.487 e. The topological polar surface area (TPSA) is 52.9 Å². The first-order valence-electron chi connectivity index (χ1n) is 10.4. The predicted molar refractivity (Wildman–Crippen MR) is 116 cm³/mol.